The van der Waals surface area contributed by atoms with Crippen molar-refractivity contribution >= 4 is 29.1 Å². The standard InChI is InChI=1S/C29H40ClN3O2/c1-22(2)15-18-32-16-7-5-4-6-8-17-33(23(3)34)28-14-11-25(19-26(28)21-32)29(35)31-20-24-9-12-27(30)13-10-24/h9-14,19,22H,4-8,15-18,20-21H2,1-3H3,(H,31,35). The second kappa shape index (κ2) is 13.6. The third-order valence-corrected chi connectivity index (χ3v) is 6.90. The fraction of sp³-hybridized carbons (Fsp3) is 0.517. The lowest BCUT2D eigenvalue weighted by Crippen LogP contribution is -2.33. The molecule has 35 heavy (non-hydrogen) atoms. The molecule has 0 aliphatic carbocycles. The van der Waals surface area contributed by atoms with Gasteiger partial charge in [0.1, 0.15) is 0 Å². The first kappa shape index (κ1) is 27.2. The van der Waals surface area contributed by atoms with Gasteiger partial charge in [0, 0.05) is 42.8 Å². The minimum absolute atomic E-state index is 0.0528. The number of fused-ring (bicyclic) bond motifs is 1. The summed E-state index contributed by atoms with van der Waals surface area (Å²) in [5, 5.41) is 3.70. The van der Waals surface area contributed by atoms with Crippen LogP contribution < -0.4 is 10.2 Å². The summed E-state index contributed by atoms with van der Waals surface area (Å²) >= 11 is 5.97. The van der Waals surface area contributed by atoms with Gasteiger partial charge in [-0.3, -0.25) is 14.5 Å². The van der Waals surface area contributed by atoms with Crippen LogP contribution in [0.4, 0.5) is 5.69 Å². The average molecular weight is 498 g/mol. The van der Waals surface area contributed by atoms with Crippen LogP contribution in [-0.4, -0.2) is 36.3 Å². The van der Waals surface area contributed by atoms with Crippen LogP contribution >= 0.6 is 11.6 Å². The Kier molecular flexibility index (Phi) is 10.6. The lowest BCUT2D eigenvalue weighted by molar-refractivity contribution is -0.116. The van der Waals surface area contributed by atoms with Gasteiger partial charge in [0.2, 0.25) is 5.91 Å². The first-order chi connectivity index (χ1) is 16.8. The van der Waals surface area contributed by atoms with Crippen molar-refractivity contribution < 1.29 is 9.59 Å². The fourth-order valence-corrected chi connectivity index (χ4v) is 4.66. The van der Waals surface area contributed by atoms with Gasteiger partial charge in [-0.2, -0.15) is 0 Å². The van der Waals surface area contributed by atoms with Crippen molar-refractivity contribution in [2.24, 2.45) is 5.92 Å². The van der Waals surface area contributed by atoms with Crippen molar-refractivity contribution in [3.8, 4) is 0 Å². The maximum absolute atomic E-state index is 13.0. The van der Waals surface area contributed by atoms with Crippen LogP contribution in [0.15, 0.2) is 42.5 Å². The smallest absolute Gasteiger partial charge is 0.251 e. The number of anilines is 1. The Morgan fingerprint density at radius 3 is 2.34 bits per heavy atom. The number of hydrogen-bond donors (Lipinski definition) is 1. The molecule has 0 saturated heterocycles. The molecule has 0 aromatic heterocycles. The van der Waals surface area contributed by atoms with Gasteiger partial charge in [-0.25, -0.2) is 0 Å². The quantitative estimate of drug-likeness (QED) is 0.500. The minimum atomic E-state index is -0.114. The fourth-order valence-electron chi connectivity index (χ4n) is 4.54. The monoisotopic (exact) mass is 497 g/mol. The molecule has 0 saturated carbocycles. The predicted octanol–water partition coefficient (Wildman–Crippen LogP) is 6.44. The lowest BCUT2D eigenvalue weighted by atomic mass is 10.0. The Morgan fingerprint density at radius 2 is 1.66 bits per heavy atom. The summed E-state index contributed by atoms with van der Waals surface area (Å²) in [6.45, 7) is 10.1. The maximum atomic E-state index is 13.0. The van der Waals surface area contributed by atoms with E-state index in [4.69, 9.17) is 11.6 Å². The SMILES string of the molecule is CC(=O)N1CCCCCCCN(CCC(C)C)Cc2cc(C(=O)NCc3ccc(Cl)cc3)ccc21. The molecular weight excluding hydrogens is 458 g/mol. The summed E-state index contributed by atoms with van der Waals surface area (Å²) < 4.78 is 0. The van der Waals surface area contributed by atoms with Crippen LogP contribution in [0.2, 0.25) is 5.02 Å². The Balaban J connectivity index is 1.86. The predicted molar refractivity (Wildman–Crippen MR) is 145 cm³/mol. The number of carbonyl (C=O) groups is 2. The van der Waals surface area contributed by atoms with E-state index < -0.39 is 0 Å². The summed E-state index contributed by atoms with van der Waals surface area (Å²) in [5.41, 5.74) is 3.60. The van der Waals surface area contributed by atoms with Crippen LogP contribution in [0.3, 0.4) is 0 Å². The van der Waals surface area contributed by atoms with Gasteiger partial charge in [0.05, 0.1) is 0 Å². The number of rotatable bonds is 6. The molecule has 0 atom stereocenters. The molecule has 6 heteroatoms. The molecule has 2 aromatic rings. The maximum Gasteiger partial charge on any atom is 0.251 e. The zero-order valence-electron chi connectivity index (χ0n) is 21.5. The van der Waals surface area contributed by atoms with Crippen molar-refractivity contribution in [3.05, 3.63) is 64.2 Å². The molecule has 1 heterocycles. The third-order valence-electron chi connectivity index (χ3n) is 6.65. The largest absolute Gasteiger partial charge is 0.348 e. The van der Waals surface area contributed by atoms with Gasteiger partial charge in [-0.05, 0) is 79.7 Å². The Morgan fingerprint density at radius 1 is 0.971 bits per heavy atom. The highest BCUT2D eigenvalue weighted by Crippen LogP contribution is 2.26. The normalized spacial score (nSPS) is 15.7. The number of hydrogen-bond acceptors (Lipinski definition) is 3. The third kappa shape index (κ3) is 8.66. The molecule has 1 aliphatic heterocycles. The van der Waals surface area contributed by atoms with Crippen molar-refractivity contribution in [2.75, 3.05) is 24.5 Å². The van der Waals surface area contributed by atoms with Gasteiger partial charge in [0.15, 0.2) is 0 Å². The molecule has 0 unspecified atom stereocenters. The van der Waals surface area contributed by atoms with E-state index in [2.05, 4.69) is 24.1 Å². The van der Waals surface area contributed by atoms with E-state index in [1.54, 1.807) is 6.92 Å². The van der Waals surface area contributed by atoms with E-state index in [1.165, 1.54) is 19.3 Å². The van der Waals surface area contributed by atoms with Crippen LogP contribution in [-0.2, 0) is 17.9 Å². The number of halogens is 1. The highest BCUT2D eigenvalue weighted by molar-refractivity contribution is 6.30. The van der Waals surface area contributed by atoms with E-state index in [-0.39, 0.29) is 11.8 Å². The summed E-state index contributed by atoms with van der Waals surface area (Å²) in [6.07, 6.45) is 6.88. The lowest BCUT2D eigenvalue weighted by Gasteiger charge is -2.29. The molecule has 0 bridgehead atoms. The second-order valence-electron chi connectivity index (χ2n) is 10.0. The molecule has 3 rings (SSSR count). The van der Waals surface area contributed by atoms with Crippen LogP contribution in [0.5, 0.6) is 0 Å². The summed E-state index contributed by atoms with van der Waals surface area (Å²) in [6, 6.07) is 13.3. The zero-order chi connectivity index (χ0) is 25.2. The van der Waals surface area contributed by atoms with Crippen LogP contribution in [0.25, 0.3) is 0 Å². The number of carbonyl (C=O) groups excluding carboxylic acids is 2. The van der Waals surface area contributed by atoms with Crippen LogP contribution in [0.1, 0.15) is 80.8 Å². The van der Waals surface area contributed by atoms with Gasteiger partial charge in [-0.1, -0.05) is 56.8 Å². The molecule has 190 valence electrons. The molecule has 5 nitrogen and oxygen atoms in total. The Hall–Kier alpha value is -2.37. The first-order valence-electron chi connectivity index (χ1n) is 13.0. The number of amides is 2. The Labute approximate surface area is 215 Å². The summed E-state index contributed by atoms with van der Waals surface area (Å²) in [4.78, 5) is 30.0. The first-order valence-corrected chi connectivity index (χ1v) is 13.4. The highest BCUT2D eigenvalue weighted by Gasteiger charge is 2.20. The zero-order valence-corrected chi connectivity index (χ0v) is 22.2. The molecule has 1 N–H and O–H groups in total. The number of nitrogens with one attached hydrogen (secondary N) is 1. The van der Waals surface area contributed by atoms with Crippen molar-refractivity contribution in [2.45, 2.75) is 72.4 Å². The average Bonchev–Trinajstić information content (AvgIpc) is 2.82. The van der Waals surface area contributed by atoms with Gasteiger partial charge >= 0.3 is 0 Å². The van der Waals surface area contributed by atoms with E-state index >= 15 is 0 Å². The molecule has 0 radical (unpaired) electrons. The Bertz CT molecular complexity index is 974. The van der Waals surface area contributed by atoms with Crippen molar-refractivity contribution in [3.63, 3.8) is 0 Å². The van der Waals surface area contributed by atoms with Crippen LogP contribution in [0, 0.1) is 5.92 Å². The van der Waals surface area contributed by atoms with Gasteiger partial charge in [0.25, 0.3) is 5.91 Å². The second-order valence-corrected chi connectivity index (χ2v) is 10.5. The van der Waals surface area contributed by atoms with E-state index in [1.807, 2.05) is 47.4 Å². The topological polar surface area (TPSA) is 52.7 Å². The molecule has 0 fully saturated rings. The molecule has 1 aliphatic rings. The summed E-state index contributed by atoms with van der Waals surface area (Å²) in [5.74, 6) is 0.573. The van der Waals surface area contributed by atoms with E-state index in [0.717, 1.165) is 62.3 Å². The molecule has 2 aromatic carbocycles. The van der Waals surface area contributed by atoms with Crippen molar-refractivity contribution in [1.82, 2.24) is 10.2 Å². The van der Waals surface area contributed by atoms with Gasteiger partial charge < -0.3 is 10.2 Å². The minimum Gasteiger partial charge on any atom is -0.348 e. The highest BCUT2D eigenvalue weighted by atomic mass is 35.5. The molecular formula is C29H40ClN3O2. The molecule has 2 amide bonds. The van der Waals surface area contributed by atoms with Gasteiger partial charge in [-0.15, -0.1) is 0 Å². The van der Waals surface area contributed by atoms with E-state index in [0.29, 0.717) is 23.0 Å². The molecule has 0 spiro atoms. The van der Waals surface area contributed by atoms with Crippen molar-refractivity contribution in [1.29, 1.82) is 0 Å². The van der Waals surface area contributed by atoms with E-state index in [9.17, 15) is 9.59 Å². The number of nitrogens with zero attached hydrogens (tertiary/aromatic N) is 2. The summed E-state index contributed by atoms with van der Waals surface area (Å²) in [7, 11) is 0. The number of benzene rings is 2.